The number of nitrogens with zero attached hydrogens (tertiary/aromatic N) is 2. The standard InChI is InChI=1S/C21H37N3O6S/c1-13(25)24-18(15-10-19(28-2)21(30-4)20(11-15)29-3)12-17(22-24)14-6-8-16(9-7-14)23-31(5,26)27/h14-16,18-21,23H,6-12H2,1-5H3. The second-order valence-corrected chi connectivity index (χ2v) is 10.9. The summed E-state index contributed by atoms with van der Waals surface area (Å²) >= 11 is 0. The van der Waals surface area contributed by atoms with Gasteiger partial charge in [0.05, 0.1) is 24.5 Å². The zero-order chi connectivity index (χ0) is 22.8. The van der Waals surface area contributed by atoms with E-state index in [1.165, 1.54) is 6.26 Å². The van der Waals surface area contributed by atoms with Crippen molar-refractivity contribution in [2.75, 3.05) is 27.6 Å². The Hall–Kier alpha value is -1.07. The smallest absolute Gasteiger partial charge is 0.239 e. The van der Waals surface area contributed by atoms with Crippen molar-refractivity contribution in [3.8, 4) is 0 Å². The van der Waals surface area contributed by atoms with Gasteiger partial charge < -0.3 is 14.2 Å². The number of nitrogens with one attached hydrogen (secondary N) is 1. The van der Waals surface area contributed by atoms with Gasteiger partial charge in [0.1, 0.15) is 6.10 Å². The number of carbonyl (C=O) groups is 1. The molecule has 3 unspecified atom stereocenters. The van der Waals surface area contributed by atoms with E-state index in [4.69, 9.17) is 19.3 Å². The van der Waals surface area contributed by atoms with E-state index in [0.29, 0.717) is 0 Å². The summed E-state index contributed by atoms with van der Waals surface area (Å²) in [5.41, 5.74) is 1.06. The first kappa shape index (κ1) is 24.6. The van der Waals surface area contributed by atoms with Crippen molar-refractivity contribution in [3.63, 3.8) is 0 Å². The van der Waals surface area contributed by atoms with Crippen LogP contribution < -0.4 is 4.72 Å². The fraction of sp³-hybridized carbons (Fsp3) is 0.905. The van der Waals surface area contributed by atoms with Gasteiger partial charge in [-0.3, -0.25) is 4.79 Å². The normalized spacial score (nSPS) is 37.0. The van der Waals surface area contributed by atoms with Gasteiger partial charge in [0.2, 0.25) is 15.9 Å². The van der Waals surface area contributed by atoms with Crippen LogP contribution in [-0.2, 0) is 29.0 Å². The molecule has 1 amide bonds. The predicted octanol–water partition coefficient (Wildman–Crippen LogP) is 1.53. The number of rotatable bonds is 7. The maximum atomic E-state index is 12.4. The summed E-state index contributed by atoms with van der Waals surface area (Å²) in [6, 6.07) is -0.0188. The highest BCUT2D eigenvalue weighted by Gasteiger charge is 2.46. The number of hydrogen-bond acceptors (Lipinski definition) is 7. The second-order valence-electron chi connectivity index (χ2n) is 9.15. The number of sulfonamides is 1. The third-order valence-corrected chi connectivity index (χ3v) is 7.86. The van der Waals surface area contributed by atoms with Crippen molar-refractivity contribution in [3.05, 3.63) is 0 Å². The zero-order valence-electron chi connectivity index (χ0n) is 19.2. The summed E-state index contributed by atoms with van der Waals surface area (Å²) in [4.78, 5) is 12.4. The lowest BCUT2D eigenvalue weighted by atomic mass is 9.75. The molecule has 0 aromatic carbocycles. The molecule has 2 saturated carbocycles. The fourth-order valence-electron chi connectivity index (χ4n) is 5.60. The van der Waals surface area contributed by atoms with Crippen molar-refractivity contribution < 1.29 is 27.4 Å². The van der Waals surface area contributed by atoms with Crippen LogP contribution in [0, 0.1) is 11.8 Å². The highest BCUT2D eigenvalue weighted by atomic mass is 32.2. The van der Waals surface area contributed by atoms with E-state index in [-0.39, 0.29) is 48.1 Å². The Morgan fingerprint density at radius 3 is 2.06 bits per heavy atom. The van der Waals surface area contributed by atoms with Crippen molar-refractivity contribution in [1.29, 1.82) is 0 Å². The molecule has 10 heteroatoms. The first-order chi connectivity index (χ1) is 14.7. The zero-order valence-corrected chi connectivity index (χ0v) is 20.1. The average molecular weight is 460 g/mol. The molecular weight excluding hydrogens is 422 g/mol. The van der Waals surface area contributed by atoms with E-state index in [2.05, 4.69) is 4.72 Å². The Bertz CT molecular complexity index is 751. The summed E-state index contributed by atoms with van der Waals surface area (Å²) in [6.07, 6.45) is 6.55. The molecule has 0 aromatic rings. The molecule has 9 nitrogen and oxygen atoms in total. The van der Waals surface area contributed by atoms with Crippen LogP contribution in [-0.4, -0.2) is 83.0 Å². The van der Waals surface area contributed by atoms with E-state index in [1.54, 1.807) is 33.3 Å². The Labute approximate surface area is 185 Å². The van der Waals surface area contributed by atoms with E-state index in [1.807, 2.05) is 0 Å². The Kier molecular flexibility index (Phi) is 8.12. The van der Waals surface area contributed by atoms with Crippen molar-refractivity contribution >= 4 is 21.6 Å². The highest BCUT2D eigenvalue weighted by molar-refractivity contribution is 7.88. The van der Waals surface area contributed by atoms with Crippen LogP contribution in [0.15, 0.2) is 5.10 Å². The van der Waals surface area contributed by atoms with E-state index in [0.717, 1.165) is 50.7 Å². The van der Waals surface area contributed by atoms with Crippen molar-refractivity contribution in [2.45, 2.75) is 82.3 Å². The third-order valence-electron chi connectivity index (χ3n) is 7.10. The number of hydrogen-bond donors (Lipinski definition) is 1. The molecule has 0 spiro atoms. The van der Waals surface area contributed by atoms with Gasteiger partial charge in [0, 0.05) is 46.4 Å². The first-order valence-electron chi connectivity index (χ1n) is 11.1. The number of amides is 1. The second kappa shape index (κ2) is 10.2. The van der Waals surface area contributed by atoms with Crippen LogP contribution in [0.25, 0.3) is 0 Å². The maximum Gasteiger partial charge on any atom is 0.239 e. The molecule has 2 fully saturated rings. The van der Waals surface area contributed by atoms with E-state index >= 15 is 0 Å². The van der Waals surface area contributed by atoms with Gasteiger partial charge in [-0.25, -0.2) is 18.1 Å². The van der Waals surface area contributed by atoms with E-state index < -0.39 is 10.0 Å². The minimum absolute atomic E-state index is 0.00697. The van der Waals surface area contributed by atoms with Gasteiger partial charge in [-0.2, -0.15) is 5.10 Å². The summed E-state index contributed by atoms with van der Waals surface area (Å²) in [7, 11) is 1.86. The van der Waals surface area contributed by atoms with Crippen molar-refractivity contribution in [1.82, 2.24) is 9.73 Å². The quantitative estimate of drug-likeness (QED) is 0.619. The van der Waals surface area contributed by atoms with Gasteiger partial charge in [-0.15, -0.1) is 0 Å². The molecule has 2 aliphatic carbocycles. The Morgan fingerprint density at radius 1 is 1.03 bits per heavy atom. The number of ether oxygens (including phenoxy) is 3. The summed E-state index contributed by atoms with van der Waals surface area (Å²) in [6.45, 7) is 1.56. The van der Waals surface area contributed by atoms with Crippen LogP contribution in [0.2, 0.25) is 0 Å². The van der Waals surface area contributed by atoms with Gasteiger partial charge >= 0.3 is 0 Å². The van der Waals surface area contributed by atoms with Gasteiger partial charge in [-0.1, -0.05) is 0 Å². The molecule has 3 rings (SSSR count). The topological polar surface area (TPSA) is 107 Å². The molecule has 178 valence electrons. The Morgan fingerprint density at radius 2 is 1.61 bits per heavy atom. The molecule has 3 atom stereocenters. The lowest BCUT2D eigenvalue weighted by Gasteiger charge is -2.42. The lowest BCUT2D eigenvalue weighted by Crippen LogP contribution is -2.51. The molecule has 0 saturated heterocycles. The molecule has 1 heterocycles. The first-order valence-corrected chi connectivity index (χ1v) is 13.0. The van der Waals surface area contributed by atoms with Crippen LogP contribution >= 0.6 is 0 Å². The van der Waals surface area contributed by atoms with Gasteiger partial charge in [-0.05, 0) is 50.4 Å². The molecule has 0 aromatic heterocycles. The monoisotopic (exact) mass is 459 g/mol. The fourth-order valence-corrected chi connectivity index (χ4v) is 6.44. The average Bonchev–Trinajstić information content (AvgIpc) is 3.17. The molecule has 0 radical (unpaired) electrons. The SMILES string of the molecule is COC1CC(C2CC(C3CCC(NS(C)(=O)=O)CC3)=NN2C(C)=O)CC(OC)C1OC. The number of hydrazone groups is 1. The summed E-state index contributed by atoms with van der Waals surface area (Å²) in [5, 5.41) is 6.42. The lowest BCUT2D eigenvalue weighted by molar-refractivity contribution is -0.151. The summed E-state index contributed by atoms with van der Waals surface area (Å²) in [5.74, 6) is 0.440. The summed E-state index contributed by atoms with van der Waals surface area (Å²) < 4.78 is 42.8. The van der Waals surface area contributed by atoms with Crippen LogP contribution in [0.3, 0.4) is 0 Å². The maximum absolute atomic E-state index is 12.4. The molecule has 31 heavy (non-hydrogen) atoms. The van der Waals surface area contributed by atoms with Crippen LogP contribution in [0.5, 0.6) is 0 Å². The number of methoxy groups -OCH3 is 3. The molecule has 3 aliphatic rings. The molecule has 1 aliphatic heterocycles. The van der Waals surface area contributed by atoms with Crippen LogP contribution in [0.1, 0.15) is 51.9 Å². The van der Waals surface area contributed by atoms with Crippen LogP contribution in [0.4, 0.5) is 0 Å². The van der Waals surface area contributed by atoms with E-state index in [9.17, 15) is 13.2 Å². The largest absolute Gasteiger partial charge is 0.379 e. The predicted molar refractivity (Wildman–Crippen MR) is 117 cm³/mol. The molecule has 0 bridgehead atoms. The minimum Gasteiger partial charge on any atom is -0.379 e. The molecular formula is C21H37N3O6S. The number of carbonyl (C=O) groups excluding carboxylic acids is 1. The van der Waals surface area contributed by atoms with Gasteiger partial charge in [0.25, 0.3) is 0 Å². The van der Waals surface area contributed by atoms with Gasteiger partial charge in [0.15, 0.2) is 0 Å². The molecule has 1 N–H and O–H groups in total. The highest BCUT2D eigenvalue weighted by Crippen LogP contribution is 2.39. The Balaban J connectivity index is 1.68. The minimum atomic E-state index is -3.19. The third kappa shape index (κ3) is 5.84. The van der Waals surface area contributed by atoms with Crippen molar-refractivity contribution in [2.24, 2.45) is 16.9 Å².